The second-order valence-electron chi connectivity index (χ2n) is 5.50. The molecular weight excluding hydrogens is 348 g/mol. The molecule has 1 unspecified atom stereocenters. The van der Waals surface area contributed by atoms with Crippen LogP contribution in [0.2, 0.25) is 0 Å². The van der Waals surface area contributed by atoms with E-state index in [0.717, 1.165) is 34.4 Å². The first-order valence-electron chi connectivity index (χ1n) is 7.64. The SMILES string of the molecule is CCOC(=O)[C@H]1CCC[NH+](CC(=O)Nc2ccccc2Br)C1. The first-order valence-corrected chi connectivity index (χ1v) is 8.44. The van der Waals surface area contributed by atoms with E-state index >= 15 is 0 Å². The number of likely N-dealkylation sites (tertiary alicyclic amines) is 1. The van der Waals surface area contributed by atoms with Crippen LogP contribution in [-0.2, 0) is 14.3 Å². The number of piperidine rings is 1. The summed E-state index contributed by atoms with van der Waals surface area (Å²) in [6, 6.07) is 7.53. The van der Waals surface area contributed by atoms with Crippen LogP contribution in [0.3, 0.4) is 0 Å². The van der Waals surface area contributed by atoms with Crippen LogP contribution in [0.25, 0.3) is 0 Å². The van der Waals surface area contributed by atoms with Crippen LogP contribution in [0.4, 0.5) is 5.69 Å². The second-order valence-corrected chi connectivity index (χ2v) is 6.35. The third kappa shape index (κ3) is 4.81. The maximum absolute atomic E-state index is 12.2. The van der Waals surface area contributed by atoms with E-state index in [0.29, 0.717) is 19.7 Å². The molecule has 1 aromatic rings. The molecule has 0 saturated carbocycles. The monoisotopic (exact) mass is 369 g/mol. The van der Waals surface area contributed by atoms with Gasteiger partial charge in [-0.25, -0.2) is 0 Å². The molecular formula is C16H22BrN2O3+. The van der Waals surface area contributed by atoms with Crippen LogP contribution in [0.5, 0.6) is 0 Å². The lowest BCUT2D eigenvalue weighted by atomic mass is 9.98. The zero-order valence-corrected chi connectivity index (χ0v) is 14.3. The molecule has 5 nitrogen and oxygen atoms in total. The van der Waals surface area contributed by atoms with Crippen molar-refractivity contribution in [2.45, 2.75) is 19.8 Å². The predicted molar refractivity (Wildman–Crippen MR) is 87.7 cm³/mol. The Bertz CT molecular complexity index is 536. The normalized spacial score (nSPS) is 21.2. The summed E-state index contributed by atoms with van der Waals surface area (Å²) in [5.41, 5.74) is 0.769. The Labute approximate surface area is 139 Å². The molecule has 1 aromatic carbocycles. The fourth-order valence-corrected chi connectivity index (χ4v) is 3.14. The quantitative estimate of drug-likeness (QED) is 0.767. The smallest absolute Gasteiger partial charge is 0.314 e. The maximum atomic E-state index is 12.2. The average molecular weight is 370 g/mol. The lowest BCUT2D eigenvalue weighted by Crippen LogP contribution is -3.14. The molecule has 1 aliphatic heterocycles. The molecule has 1 fully saturated rings. The molecule has 22 heavy (non-hydrogen) atoms. The van der Waals surface area contributed by atoms with Gasteiger partial charge in [-0.15, -0.1) is 0 Å². The molecule has 1 saturated heterocycles. The number of nitrogens with one attached hydrogen (secondary N) is 2. The first-order chi connectivity index (χ1) is 10.6. The molecule has 0 aliphatic carbocycles. The molecule has 1 aliphatic rings. The van der Waals surface area contributed by atoms with Crippen molar-refractivity contribution in [3.63, 3.8) is 0 Å². The zero-order valence-electron chi connectivity index (χ0n) is 12.7. The summed E-state index contributed by atoms with van der Waals surface area (Å²) in [5, 5.41) is 2.90. The molecule has 1 amide bonds. The van der Waals surface area contributed by atoms with Gasteiger partial charge in [0, 0.05) is 4.47 Å². The number of carbonyl (C=O) groups excluding carboxylic acids is 2. The summed E-state index contributed by atoms with van der Waals surface area (Å²) in [5.74, 6) is -0.253. The van der Waals surface area contributed by atoms with Gasteiger partial charge in [0.15, 0.2) is 6.54 Å². The van der Waals surface area contributed by atoms with E-state index in [1.54, 1.807) is 0 Å². The molecule has 0 bridgehead atoms. The van der Waals surface area contributed by atoms with Gasteiger partial charge in [-0.3, -0.25) is 9.59 Å². The number of quaternary nitrogens is 1. The second kappa shape index (κ2) is 8.29. The Balaban J connectivity index is 1.86. The third-order valence-corrected chi connectivity index (χ3v) is 4.49. The van der Waals surface area contributed by atoms with Gasteiger partial charge in [-0.1, -0.05) is 12.1 Å². The van der Waals surface area contributed by atoms with Crippen LogP contribution in [0.15, 0.2) is 28.7 Å². The number of halogens is 1. The van der Waals surface area contributed by atoms with Gasteiger partial charge in [0.1, 0.15) is 5.92 Å². The molecule has 2 atom stereocenters. The lowest BCUT2D eigenvalue weighted by molar-refractivity contribution is -0.899. The van der Waals surface area contributed by atoms with Gasteiger partial charge in [-0.2, -0.15) is 0 Å². The van der Waals surface area contributed by atoms with Crippen molar-refractivity contribution in [2.75, 3.05) is 31.6 Å². The topological polar surface area (TPSA) is 59.8 Å². The Morgan fingerprint density at radius 1 is 1.41 bits per heavy atom. The molecule has 6 heteroatoms. The van der Waals surface area contributed by atoms with E-state index in [1.807, 2.05) is 31.2 Å². The minimum atomic E-state index is -0.133. The summed E-state index contributed by atoms with van der Waals surface area (Å²) < 4.78 is 5.95. The van der Waals surface area contributed by atoms with Gasteiger partial charge in [0.2, 0.25) is 0 Å². The Kier molecular flexibility index (Phi) is 6.39. The molecule has 120 valence electrons. The van der Waals surface area contributed by atoms with Gasteiger partial charge >= 0.3 is 5.97 Å². The van der Waals surface area contributed by atoms with Gasteiger partial charge in [0.05, 0.1) is 25.4 Å². The Hall–Kier alpha value is -1.40. The van der Waals surface area contributed by atoms with E-state index in [4.69, 9.17) is 4.74 Å². The van der Waals surface area contributed by atoms with Crippen LogP contribution in [-0.4, -0.2) is 38.1 Å². The van der Waals surface area contributed by atoms with Crippen LogP contribution in [0, 0.1) is 5.92 Å². The maximum Gasteiger partial charge on any atom is 0.314 e. The highest BCUT2D eigenvalue weighted by Gasteiger charge is 2.30. The number of para-hydroxylation sites is 1. The minimum Gasteiger partial charge on any atom is -0.466 e. The number of amides is 1. The summed E-state index contributed by atoms with van der Waals surface area (Å²) >= 11 is 3.41. The van der Waals surface area contributed by atoms with E-state index in [2.05, 4.69) is 21.2 Å². The average Bonchev–Trinajstić information content (AvgIpc) is 2.50. The zero-order chi connectivity index (χ0) is 15.9. The van der Waals surface area contributed by atoms with E-state index in [-0.39, 0.29) is 17.8 Å². The van der Waals surface area contributed by atoms with Crippen molar-refractivity contribution in [1.29, 1.82) is 0 Å². The van der Waals surface area contributed by atoms with Gasteiger partial charge < -0.3 is 15.0 Å². The number of esters is 1. The van der Waals surface area contributed by atoms with Crippen molar-refractivity contribution < 1.29 is 19.2 Å². The molecule has 0 radical (unpaired) electrons. The van der Waals surface area contributed by atoms with Crippen LogP contribution >= 0.6 is 15.9 Å². The molecule has 0 aromatic heterocycles. The third-order valence-electron chi connectivity index (χ3n) is 3.80. The Morgan fingerprint density at radius 3 is 2.91 bits per heavy atom. The molecule has 1 heterocycles. The molecule has 0 spiro atoms. The van der Waals surface area contributed by atoms with Gasteiger partial charge in [-0.05, 0) is 47.8 Å². The highest BCUT2D eigenvalue weighted by Crippen LogP contribution is 2.20. The standard InChI is InChI=1S/C16H21BrN2O3/c1-2-22-16(21)12-6-5-9-19(10-12)11-15(20)18-14-8-4-3-7-13(14)17/h3-4,7-8,12H,2,5-6,9-11H2,1H3,(H,18,20)/p+1/t12-/m0/s1. The van der Waals surface area contributed by atoms with Crippen molar-refractivity contribution in [2.24, 2.45) is 5.92 Å². The highest BCUT2D eigenvalue weighted by atomic mass is 79.9. The summed E-state index contributed by atoms with van der Waals surface area (Å²) in [6.45, 7) is 4.18. The largest absolute Gasteiger partial charge is 0.466 e. The number of hydrogen-bond donors (Lipinski definition) is 2. The van der Waals surface area contributed by atoms with Crippen molar-refractivity contribution in [3.8, 4) is 0 Å². The summed E-state index contributed by atoms with van der Waals surface area (Å²) in [4.78, 5) is 25.1. The predicted octanol–water partition coefficient (Wildman–Crippen LogP) is 1.25. The van der Waals surface area contributed by atoms with E-state index in [9.17, 15) is 9.59 Å². The molecule has 2 rings (SSSR count). The number of anilines is 1. The van der Waals surface area contributed by atoms with Crippen molar-refractivity contribution in [3.05, 3.63) is 28.7 Å². The fourth-order valence-electron chi connectivity index (χ4n) is 2.76. The van der Waals surface area contributed by atoms with E-state index < -0.39 is 0 Å². The highest BCUT2D eigenvalue weighted by molar-refractivity contribution is 9.10. The number of ether oxygens (including phenoxy) is 1. The van der Waals surface area contributed by atoms with Gasteiger partial charge in [0.25, 0.3) is 5.91 Å². The van der Waals surface area contributed by atoms with Crippen LogP contribution < -0.4 is 10.2 Å². The number of hydrogen-bond acceptors (Lipinski definition) is 3. The minimum absolute atomic E-state index is 0.0357. The number of benzene rings is 1. The lowest BCUT2D eigenvalue weighted by Gasteiger charge is -2.28. The fraction of sp³-hybridized carbons (Fsp3) is 0.500. The van der Waals surface area contributed by atoms with Crippen molar-refractivity contribution >= 4 is 33.5 Å². The number of carbonyl (C=O) groups is 2. The molecule has 2 N–H and O–H groups in total. The Morgan fingerprint density at radius 2 is 2.18 bits per heavy atom. The first kappa shape index (κ1) is 17.0. The van der Waals surface area contributed by atoms with E-state index in [1.165, 1.54) is 0 Å². The summed E-state index contributed by atoms with van der Waals surface area (Å²) in [6.07, 6.45) is 1.80. The number of rotatable bonds is 5. The summed E-state index contributed by atoms with van der Waals surface area (Å²) in [7, 11) is 0. The van der Waals surface area contributed by atoms with Crippen molar-refractivity contribution in [1.82, 2.24) is 0 Å². The van der Waals surface area contributed by atoms with Crippen LogP contribution in [0.1, 0.15) is 19.8 Å².